The number of pyridine rings is 1. The van der Waals surface area contributed by atoms with Crippen LogP contribution in [0.2, 0.25) is 5.02 Å². The molecular weight excluding hydrogens is 523 g/mol. The topological polar surface area (TPSA) is 101 Å². The van der Waals surface area contributed by atoms with E-state index in [9.17, 15) is 9.65 Å². The van der Waals surface area contributed by atoms with E-state index >= 15 is 0 Å². The lowest BCUT2D eigenvalue weighted by Crippen LogP contribution is -2.20. The van der Waals surface area contributed by atoms with Crippen LogP contribution in [0.5, 0.6) is 0 Å². The first-order chi connectivity index (χ1) is 18.5. The number of hydrogen-bond acceptors (Lipinski definition) is 8. The number of nitriles is 1. The molecule has 38 heavy (non-hydrogen) atoms. The normalized spacial score (nSPS) is 14.1. The van der Waals surface area contributed by atoms with Gasteiger partial charge in [0.1, 0.15) is 11.1 Å². The van der Waals surface area contributed by atoms with Crippen molar-refractivity contribution in [3.63, 3.8) is 0 Å². The number of aromatic nitrogens is 3. The Balaban J connectivity index is 0.000000515. The van der Waals surface area contributed by atoms with E-state index in [1.165, 1.54) is 12.8 Å². The number of ether oxygens (including phenoxy) is 1. The van der Waals surface area contributed by atoms with Crippen LogP contribution in [-0.2, 0) is 18.0 Å². The summed E-state index contributed by atoms with van der Waals surface area (Å²) in [5, 5.41) is 11.5. The zero-order valence-electron chi connectivity index (χ0n) is 22.2. The zero-order chi connectivity index (χ0) is 27.4. The van der Waals surface area contributed by atoms with Crippen molar-refractivity contribution >= 4 is 54.9 Å². The van der Waals surface area contributed by atoms with E-state index in [0.29, 0.717) is 46.3 Å². The predicted octanol–water partition coefficient (Wildman–Crippen LogP) is 7.62. The Hall–Kier alpha value is -3.06. The van der Waals surface area contributed by atoms with Gasteiger partial charge >= 0.3 is 0 Å². The predicted molar refractivity (Wildman–Crippen MR) is 154 cm³/mol. The Morgan fingerprint density at radius 1 is 1.13 bits per heavy atom. The fourth-order valence-corrected chi connectivity index (χ4v) is 5.88. The first kappa shape index (κ1) is 28.0. The lowest BCUT2D eigenvalue weighted by molar-refractivity contribution is 0.135. The Labute approximate surface area is 231 Å². The minimum absolute atomic E-state index is 0.205. The van der Waals surface area contributed by atoms with E-state index in [2.05, 4.69) is 34.8 Å². The van der Waals surface area contributed by atoms with Crippen LogP contribution < -0.4 is 10.6 Å². The number of anilines is 2. The number of nitrogens with zero attached hydrogens (tertiary/aromatic N) is 5. The van der Waals surface area contributed by atoms with Crippen LogP contribution in [0.4, 0.5) is 15.3 Å². The summed E-state index contributed by atoms with van der Waals surface area (Å²) in [6, 6.07) is 2.10. The van der Waals surface area contributed by atoms with Crippen LogP contribution in [0.15, 0.2) is 12.4 Å². The molecule has 0 spiro atoms. The lowest BCUT2D eigenvalue weighted by Gasteiger charge is -2.18. The number of benzene rings is 1. The number of nitrogen functional groups attached to an aromatic ring is 1. The van der Waals surface area contributed by atoms with Gasteiger partial charge in [-0.1, -0.05) is 52.1 Å². The summed E-state index contributed by atoms with van der Waals surface area (Å²) in [6.07, 6.45) is 7.79. The smallest absolute Gasteiger partial charge is 0.225 e. The van der Waals surface area contributed by atoms with Gasteiger partial charge in [-0.05, 0) is 24.0 Å². The Morgan fingerprint density at radius 3 is 2.47 bits per heavy atom. The van der Waals surface area contributed by atoms with Gasteiger partial charge in [0.05, 0.1) is 45.9 Å². The molecule has 0 unspecified atom stereocenters. The molecule has 6 rings (SSSR count). The lowest BCUT2D eigenvalue weighted by atomic mass is 9.94. The molecule has 0 saturated carbocycles. The highest BCUT2D eigenvalue weighted by Crippen LogP contribution is 2.47. The van der Waals surface area contributed by atoms with E-state index < -0.39 is 5.82 Å². The van der Waals surface area contributed by atoms with Crippen LogP contribution in [-0.4, -0.2) is 28.0 Å². The van der Waals surface area contributed by atoms with Crippen molar-refractivity contribution in [2.45, 2.75) is 66.6 Å². The van der Waals surface area contributed by atoms with Gasteiger partial charge in [0, 0.05) is 35.6 Å². The standard InChI is InChI=1S/C22H16ClFN6OS.C4H10.C2H6/c23-17-15(19-16-10(5-25)21(26)32-20(16)14(24)7-27-19)13-9-31-8-12(13)11-6-28-22(29-18(11)17)30-3-1-2-4-30;1-3-4-2;1-2/h6-7H,1-4,8-9,26H2;3-4H2,1-2H3;1-2H3. The van der Waals surface area contributed by atoms with E-state index in [1.54, 1.807) is 6.20 Å². The van der Waals surface area contributed by atoms with Gasteiger partial charge in [-0.3, -0.25) is 4.98 Å². The molecule has 0 atom stereocenters. The number of nitrogens with two attached hydrogens (primary N) is 1. The van der Waals surface area contributed by atoms with Crippen LogP contribution >= 0.6 is 22.9 Å². The van der Waals surface area contributed by atoms with Crippen molar-refractivity contribution in [3.05, 3.63) is 39.9 Å². The summed E-state index contributed by atoms with van der Waals surface area (Å²) in [4.78, 5) is 15.9. The number of halogens is 2. The maximum atomic E-state index is 14.6. The molecule has 5 heterocycles. The van der Waals surface area contributed by atoms with Gasteiger partial charge in [0.2, 0.25) is 5.95 Å². The molecule has 2 aliphatic heterocycles. The maximum Gasteiger partial charge on any atom is 0.225 e. The van der Waals surface area contributed by atoms with E-state index in [1.807, 2.05) is 13.8 Å². The van der Waals surface area contributed by atoms with E-state index in [4.69, 9.17) is 27.1 Å². The van der Waals surface area contributed by atoms with E-state index in [-0.39, 0.29) is 15.3 Å². The summed E-state index contributed by atoms with van der Waals surface area (Å²) in [5.74, 6) is 0.113. The SMILES string of the molecule is CC.CCCC.N#Cc1c(N)sc2c(F)cnc(-c3c4c(c5cnc(N6CCCC6)nc5c3Cl)COC4)c12. The van der Waals surface area contributed by atoms with Crippen molar-refractivity contribution < 1.29 is 9.13 Å². The molecule has 1 fully saturated rings. The fourth-order valence-electron chi connectivity index (χ4n) is 4.61. The summed E-state index contributed by atoms with van der Waals surface area (Å²) in [5.41, 5.74) is 9.65. The molecule has 0 radical (unpaired) electrons. The third-order valence-electron chi connectivity index (χ3n) is 6.62. The molecule has 3 aromatic heterocycles. The Bertz CT molecular complexity index is 1510. The van der Waals surface area contributed by atoms with Crippen molar-refractivity contribution in [1.82, 2.24) is 15.0 Å². The molecule has 1 saturated heterocycles. The van der Waals surface area contributed by atoms with Gasteiger partial charge < -0.3 is 15.4 Å². The van der Waals surface area contributed by atoms with Gasteiger partial charge in [-0.2, -0.15) is 5.26 Å². The van der Waals surface area contributed by atoms with Crippen LogP contribution in [0, 0.1) is 17.1 Å². The second kappa shape index (κ2) is 12.2. The highest BCUT2D eigenvalue weighted by atomic mass is 35.5. The molecule has 200 valence electrons. The van der Waals surface area contributed by atoms with Gasteiger partial charge in [0.15, 0.2) is 5.82 Å². The van der Waals surface area contributed by atoms with E-state index in [0.717, 1.165) is 60.0 Å². The molecule has 2 aliphatic rings. The molecule has 1 aromatic carbocycles. The van der Waals surface area contributed by atoms with Crippen molar-refractivity contribution in [1.29, 1.82) is 5.26 Å². The number of hydrogen-bond donors (Lipinski definition) is 1. The Morgan fingerprint density at radius 2 is 1.82 bits per heavy atom. The maximum absolute atomic E-state index is 14.6. The summed E-state index contributed by atoms with van der Waals surface area (Å²) in [6.45, 7) is 10.9. The number of unbranched alkanes of at least 4 members (excludes halogenated alkanes) is 1. The highest BCUT2D eigenvalue weighted by molar-refractivity contribution is 7.23. The van der Waals surface area contributed by atoms with Crippen LogP contribution in [0.1, 0.15) is 70.1 Å². The number of rotatable bonds is 3. The molecule has 0 amide bonds. The number of thiophene rings is 1. The molecule has 4 aromatic rings. The summed E-state index contributed by atoms with van der Waals surface area (Å²) < 4.78 is 20.6. The highest BCUT2D eigenvalue weighted by Gasteiger charge is 2.29. The van der Waals surface area contributed by atoms with Crippen molar-refractivity contribution in [2.24, 2.45) is 0 Å². The quantitative estimate of drug-likeness (QED) is 0.278. The monoisotopic (exact) mass is 554 g/mol. The fraction of sp³-hybridized carbons (Fsp3) is 0.429. The summed E-state index contributed by atoms with van der Waals surface area (Å²) in [7, 11) is 0. The minimum Gasteiger partial charge on any atom is -0.389 e. The average molecular weight is 555 g/mol. The summed E-state index contributed by atoms with van der Waals surface area (Å²) >= 11 is 8.01. The molecule has 2 N–H and O–H groups in total. The molecule has 0 bridgehead atoms. The minimum atomic E-state index is -0.523. The third-order valence-corrected chi connectivity index (χ3v) is 8.02. The first-order valence-electron chi connectivity index (χ1n) is 13.1. The zero-order valence-corrected chi connectivity index (χ0v) is 23.8. The largest absolute Gasteiger partial charge is 0.389 e. The van der Waals surface area contributed by atoms with Crippen molar-refractivity contribution in [3.8, 4) is 17.3 Å². The average Bonchev–Trinajstić information content (AvgIpc) is 3.71. The second-order valence-corrected chi connectivity index (χ2v) is 10.3. The molecule has 7 nitrogen and oxygen atoms in total. The van der Waals surface area contributed by atoms with Crippen LogP contribution in [0.25, 0.3) is 32.2 Å². The van der Waals surface area contributed by atoms with Gasteiger partial charge in [-0.25, -0.2) is 14.4 Å². The first-order valence-corrected chi connectivity index (χ1v) is 14.3. The second-order valence-electron chi connectivity index (χ2n) is 8.88. The number of fused-ring (bicyclic) bond motifs is 4. The molecular formula is C28H32ClFN6OS. The van der Waals surface area contributed by atoms with Gasteiger partial charge in [0.25, 0.3) is 0 Å². The van der Waals surface area contributed by atoms with Crippen LogP contribution in [0.3, 0.4) is 0 Å². The van der Waals surface area contributed by atoms with Gasteiger partial charge in [-0.15, -0.1) is 11.3 Å². The Kier molecular flexibility index (Phi) is 8.98. The van der Waals surface area contributed by atoms with Crippen molar-refractivity contribution in [2.75, 3.05) is 23.7 Å². The molecule has 0 aliphatic carbocycles. The molecule has 10 heteroatoms. The third kappa shape index (κ3) is 4.89.